The number of halogens is 3. The zero-order valence-corrected chi connectivity index (χ0v) is 38.9. The number of aromatic nitrogens is 3. The Morgan fingerprint density at radius 2 is 1.85 bits per heavy atom. The molecule has 0 saturated carbocycles. The van der Waals surface area contributed by atoms with E-state index in [0.717, 1.165) is 25.3 Å². The van der Waals surface area contributed by atoms with Crippen LogP contribution in [0.1, 0.15) is 83.5 Å². The average molecular weight is 927 g/mol. The maximum absolute atomic E-state index is 14.8. The normalized spacial score (nSPS) is 19.4. The quantitative estimate of drug-likeness (QED) is 0.113. The highest BCUT2D eigenvalue weighted by Gasteiger charge is 2.37. The second-order valence-corrected chi connectivity index (χ2v) is 20.4. The number of nitrogens with zero attached hydrogens (tertiary/aromatic N) is 6. The fraction of sp³-hybridized carbons (Fsp3) is 0.587. The second kappa shape index (κ2) is 19.2. The lowest BCUT2D eigenvalue weighted by molar-refractivity contribution is -0.147. The number of carboxylic acid groups (broad SMARTS) is 1. The number of aliphatic carboxylic acids is 1. The van der Waals surface area contributed by atoms with Gasteiger partial charge in [-0.15, -0.1) is 11.3 Å². The van der Waals surface area contributed by atoms with Gasteiger partial charge in [-0.25, -0.2) is 15.2 Å². The van der Waals surface area contributed by atoms with Gasteiger partial charge in [-0.2, -0.15) is 13.2 Å². The Labute approximate surface area is 381 Å². The first-order chi connectivity index (χ1) is 30.6. The molecule has 3 atom stereocenters. The number of aliphatic hydroxyl groups is 1. The number of thiazole rings is 1. The molecule has 1 aromatic carbocycles. The van der Waals surface area contributed by atoms with E-state index in [2.05, 4.69) is 20.5 Å². The Balaban J connectivity index is 1.30. The number of alkyl carbamates (subject to hydrolysis) is 1. The van der Waals surface area contributed by atoms with Crippen molar-refractivity contribution in [3.8, 4) is 22.5 Å². The van der Waals surface area contributed by atoms with Crippen molar-refractivity contribution in [1.29, 1.82) is 0 Å². The number of fused-ring (bicyclic) bond motifs is 2. The number of amides is 2. The first kappa shape index (κ1) is 48.1. The Kier molecular flexibility index (Phi) is 14.2. The van der Waals surface area contributed by atoms with E-state index in [1.54, 1.807) is 38.3 Å². The summed E-state index contributed by atoms with van der Waals surface area (Å²) in [4.78, 5) is 53.2. The average Bonchev–Trinajstić information content (AvgIpc) is 3.83. The highest BCUT2D eigenvalue weighted by molar-refractivity contribution is 7.10. The number of morpholine rings is 1. The maximum atomic E-state index is 14.8. The molecule has 354 valence electrons. The lowest BCUT2D eigenvalue weighted by Crippen LogP contribution is -2.60. The monoisotopic (exact) mass is 926 g/mol. The van der Waals surface area contributed by atoms with Gasteiger partial charge in [-0.05, 0) is 75.1 Å². The minimum absolute atomic E-state index is 0.0485. The first-order valence-corrected chi connectivity index (χ1v) is 23.1. The Hall–Kier alpha value is -4.82. The summed E-state index contributed by atoms with van der Waals surface area (Å²) in [6.07, 6.45) is -2.61. The van der Waals surface area contributed by atoms with Crippen LogP contribution in [0.25, 0.3) is 33.4 Å². The van der Waals surface area contributed by atoms with Crippen LogP contribution in [-0.4, -0.2) is 135 Å². The Morgan fingerprint density at radius 3 is 2.54 bits per heavy atom. The van der Waals surface area contributed by atoms with Crippen LogP contribution in [0.3, 0.4) is 0 Å². The van der Waals surface area contributed by atoms with Crippen molar-refractivity contribution in [2.45, 2.75) is 117 Å². The SMILES string of the molecule is CC(C)c1ncc(N2CCN3CCOC[C@@H]3C2)cc1-c1c(CC(C)(C)CO)c2cc(-c3csc(C[C@H](NC(=O)OC(C)(C)C)C(=O)N4CCC[C@@H](C(=O)O)N4)n3)ccc2n1CC(F)(F)F. The summed E-state index contributed by atoms with van der Waals surface area (Å²) < 4.78 is 57.0. The number of nitrogens with one attached hydrogen (secondary N) is 2. The minimum Gasteiger partial charge on any atom is -0.480 e. The number of carboxylic acids is 1. The van der Waals surface area contributed by atoms with E-state index in [1.165, 1.54) is 20.9 Å². The number of anilines is 1. The zero-order chi connectivity index (χ0) is 47.0. The van der Waals surface area contributed by atoms with Gasteiger partial charge in [0.25, 0.3) is 5.91 Å². The van der Waals surface area contributed by atoms with Gasteiger partial charge in [-0.1, -0.05) is 33.8 Å². The van der Waals surface area contributed by atoms with E-state index in [9.17, 15) is 37.8 Å². The second-order valence-electron chi connectivity index (χ2n) is 19.4. The molecule has 19 heteroatoms. The standard InChI is InChI=1S/C46H61F3N8O7S/c1-27(2)39-32(18-29(21-50-39)55-14-13-54-15-16-63-23-30(54)22-55)40-33(20-45(6,7)26-58)31-17-28(10-11-37(31)56(40)25-46(47,48)49)36-24-65-38(51-36)19-35(52-43(62)64-44(3,4)5)41(59)57-12-8-9-34(53-57)42(60)61/h10-11,17-18,21,24,27,30,34-35,53,58H,8-9,12-16,19-20,22-23,25-26H2,1-7H3,(H,52,62)(H,60,61)/t30-,34-,35-/m0/s1. The van der Waals surface area contributed by atoms with E-state index in [-0.39, 0.29) is 38.0 Å². The highest BCUT2D eigenvalue weighted by atomic mass is 32.1. The number of rotatable bonds is 13. The number of hydrazine groups is 1. The summed E-state index contributed by atoms with van der Waals surface area (Å²) in [5.74, 6) is -1.79. The van der Waals surface area contributed by atoms with Crippen LogP contribution in [0.4, 0.5) is 23.7 Å². The highest BCUT2D eigenvalue weighted by Crippen LogP contribution is 2.44. The number of alkyl halides is 3. The van der Waals surface area contributed by atoms with E-state index in [4.69, 9.17) is 19.4 Å². The molecule has 3 aliphatic rings. The zero-order valence-electron chi connectivity index (χ0n) is 38.1. The fourth-order valence-electron chi connectivity index (χ4n) is 8.89. The largest absolute Gasteiger partial charge is 0.480 e. The number of hydrogen-bond acceptors (Lipinski definition) is 12. The van der Waals surface area contributed by atoms with Gasteiger partial charge >= 0.3 is 18.2 Å². The molecule has 0 aliphatic carbocycles. The molecule has 0 spiro atoms. The van der Waals surface area contributed by atoms with E-state index in [1.807, 2.05) is 46.0 Å². The number of ether oxygens (including phenoxy) is 2. The summed E-state index contributed by atoms with van der Waals surface area (Å²) in [7, 11) is 0. The molecule has 4 N–H and O–H groups in total. The molecule has 4 aromatic rings. The first-order valence-electron chi connectivity index (χ1n) is 22.2. The van der Waals surface area contributed by atoms with Gasteiger partial charge in [0.15, 0.2) is 0 Å². The van der Waals surface area contributed by atoms with Crippen LogP contribution in [0, 0.1) is 5.41 Å². The number of aliphatic hydroxyl groups excluding tert-OH is 1. The molecule has 65 heavy (non-hydrogen) atoms. The van der Waals surface area contributed by atoms with Crippen LogP contribution in [0.5, 0.6) is 0 Å². The smallest absolute Gasteiger partial charge is 0.408 e. The third-order valence-corrected chi connectivity index (χ3v) is 12.9. The van der Waals surface area contributed by atoms with Gasteiger partial charge in [0.05, 0.1) is 53.2 Å². The van der Waals surface area contributed by atoms with E-state index in [0.29, 0.717) is 82.3 Å². The van der Waals surface area contributed by atoms with Gasteiger partial charge in [0.1, 0.15) is 24.2 Å². The fourth-order valence-corrected chi connectivity index (χ4v) is 9.74. The van der Waals surface area contributed by atoms with Crippen molar-refractivity contribution in [3.05, 3.63) is 52.1 Å². The van der Waals surface area contributed by atoms with Crippen LogP contribution in [0.15, 0.2) is 35.8 Å². The number of pyridine rings is 1. The van der Waals surface area contributed by atoms with Gasteiger partial charge in [-0.3, -0.25) is 24.5 Å². The summed E-state index contributed by atoms with van der Waals surface area (Å²) in [5, 5.41) is 26.9. The number of benzene rings is 1. The van der Waals surface area contributed by atoms with Crippen molar-refractivity contribution < 1.29 is 47.2 Å². The minimum atomic E-state index is -4.58. The summed E-state index contributed by atoms with van der Waals surface area (Å²) in [6, 6.07) is 5.29. The van der Waals surface area contributed by atoms with Gasteiger partial charge in [0.2, 0.25) is 0 Å². The van der Waals surface area contributed by atoms with Crippen molar-refractivity contribution in [2.24, 2.45) is 5.41 Å². The molecule has 3 saturated heterocycles. The number of carbonyl (C=O) groups excluding carboxylic acids is 2. The number of carbonyl (C=O) groups is 3. The summed E-state index contributed by atoms with van der Waals surface area (Å²) in [6.45, 7) is 16.0. The van der Waals surface area contributed by atoms with Crippen LogP contribution < -0.4 is 15.6 Å². The summed E-state index contributed by atoms with van der Waals surface area (Å²) in [5.41, 5.74) is 5.81. The molecule has 6 heterocycles. The van der Waals surface area contributed by atoms with Crippen molar-refractivity contribution >= 4 is 45.9 Å². The van der Waals surface area contributed by atoms with Crippen LogP contribution >= 0.6 is 11.3 Å². The molecule has 3 fully saturated rings. The van der Waals surface area contributed by atoms with Crippen LogP contribution in [-0.2, 0) is 38.4 Å². The predicted molar refractivity (Wildman–Crippen MR) is 242 cm³/mol. The molecule has 3 aromatic heterocycles. The molecule has 3 aliphatic heterocycles. The third-order valence-electron chi connectivity index (χ3n) is 12.1. The molecule has 0 unspecified atom stereocenters. The Bertz CT molecular complexity index is 2380. The van der Waals surface area contributed by atoms with Crippen LogP contribution in [0.2, 0.25) is 0 Å². The molecular formula is C46H61F3N8O7S. The predicted octanol–water partition coefficient (Wildman–Crippen LogP) is 6.61. The van der Waals surface area contributed by atoms with Crippen molar-refractivity contribution in [2.75, 3.05) is 57.4 Å². The van der Waals surface area contributed by atoms with Gasteiger partial charge in [0, 0.05) is 73.2 Å². The molecule has 7 rings (SSSR count). The van der Waals surface area contributed by atoms with Crippen molar-refractivity contribution in [3.63, 3.8) is 0 Å². The third kappa shape index (κ3) is 11.4. The molecule has 2 amide bonds. The lowest BCUT2D eigenvalue weighted by atomic mass is 9.84. The summed E-state index contributed by atoms with van der Waals surface area (Å²) >= 11 is 1.25. The number of hydrogen-bond donors (Lipinski definition) is 4. The van der Waals surface area contributed by atoms with Gasteiger partial charge < -0.3 is 34.5 Å². The number of piperazine rings is 1. The molecule has 0 bridgehead atoms. The van der Waals surface area contributed by atoms with E-state index >= 15 is 0 Å². The maximum Gasteiger partial charge on any atom is 0.408 e. The van der Waals surface area contributed by atoms with Crippen molar-refractivity contribution in [1.82, 2.24) is 35.2 Å². The molecule has 15 nitrogen and oxygen atoms in total. The lowest BCUT2D eigenvalue weighted by Gasteiger charge is -2.44. The molecule has 0 radical (unpaired) electrons. The van der Waals surface area contributed by atoms with E-state index < -0.39 is 53.8 Å². The molecular weight excluding hydrogens is 866 g/mol. The topological polar surface area (TPSA) is 175 Å². The Morgan fingerprint density at radius 1 is 1.08 bits per heavy atom.